The molecule has 180 valence electrons. The zero-order chi connectivity index (χ0) is 24.6. The van der Waals surface area contributed by atoms with Gasteiger partial charge in [0.05, 0.1) is 19.8 Å². The third kappa shape index (κ3) is 7.25. The lowest BCUT2D eigenvalue weighted by molar-refractivity contribution is -0.143. The number of methoxy groups -OCH3 is 1. The summed E-state index contributed by atoms with van der Waals surface area (Å²) in [6.45, 7) is 13.4. The average molecular weight is 471 g/mol. The maximum atomic E-state index is 13.2. The molecular formula is C26H38N2O4Si. The van der Waals surface area contributed by atoms with E-state index in [0.717, 1.165) is 16.8 Å². The second kappa shape index (κ2) is 11.6. The van der Waals surface area contributed by atoms with Crippen LogP contribution < -0.4 is 10.6 Å². The molecule has 0 aliphatic heterocycles. The first-order valence-electron chi connectivity index (χ1n) is 11.4. The molecule has 0 heterocycles. The van der Waals surface area contributed by atoms with Crippen LogP contribution in [0.3, 0.4) is 0 Å². The minimum atomic E-state index is -1.93. The number of rotatable bonds is 10. The molecule has 2 N–H and O–H groups in total. The highest BCUT2D eigenvalue weighted by Gasteiger charge is 2.37. The lowest BCUT2D eigenvalue weighted by atomic mass is 10.0. The van der Waals surface area contributed by atoms with Gasteiger partial charge in [0.2, 0.25) is 5.91 Å². The SMILES string of the molecule is CCC(N[C@H](C(=O)OC)c1ccccc1)C(=O)Nc1ccccc1CO[Si](C)(C)C(C)(C)C. The van der Waals surface area contributed by atoms with E-state index in [2.05, 4.69) is 44.5 Å². The monoisotopic (exact) mass is 470 g/mol. The molecule has 0 aliphatic carbocycles. The third-order valence-corrected chi connectivity index (χ3v) is 10.8. The Labute approximate surface area is 199 Å². The predicted octanol–water partition coefficient (Wildman–Crippen LogP) is 5.43. The second-order valence-corrected chi connectivity index (χ2v) is 14.5. The average Bonchev–Trinajstić information content (AvgIpc) is 2.78. The van der Waals surface area contributed by atoms with Gasteiger partial charge in [0.25, 0.3) is 0 Å². The first-order valence-corrected chi connectivity index (χ1v) is 14.3. The summed E-state index contributed by atoms with van der Waals surface area (Å²) in [6.07, 6.45) is 0.509. The van der Waals surface area contributed by atoms with Crippen LogP contribution in [0.4, 0.5) is 5.69 Å². The van der Waals surface area contributed by atoms with Gasteiger partial charge in [-0.1, -0.05) is 76.2 Å². The van der Waals surface area contributed by atoms with Crippen LogP contribution in [0, 0.1) is 0 Å². The van der Waals surface area contributed by atoms with Gasteiger partial charge in [-0.05, 0) is 41.7 Å². The van der Waals surface area contributed by atoms with Crippen LogP contribution >= 0.6 is 0 Å². The van der Waals surface area contributed by atoms with Gasteiger partial charge < -0.3 is 14.5 Å². The van der Waals surface area contributed by atoms with Crippen molar-refractivity contribution in [2.24, 2.45) is 0 Å². The molecule has 1 unspecified atom stereocenters. The van der Waals surface area contributed by atoms with Crippen molar-refractivity contribution < 1.29 is 18.8 Å². The van der Waals surface area contributed by atoms with E-state index in [-0.39, 0.29) is 10.9 Å². The molecule has 0 saturated heterocycles. The van der Waals surface area contributed by atoms with Crippen molar-refractivity contribution in [3.63, 3.8) is 0 Å². The lowest BCUT2D eigenvalue weighted by Gasteiger charge is -2.36. The van der Waals surface area contributed by atoms with Crippen molar-refractivity contribution >= 4 is 25.9 Å². The Bertz CT molecular complexity index is 925. The fourth-order valence-electron chi connectivity index (χ4n) is 3.11. The molecule has 0 radical (unpaired) electrons. The van der Waals surface area contributed by atoms with E-state index in [1.54, 1.807) is 0 Å². The quantitative estimate of drug-likeness (QED) is 0.358. The number of carbonyl (C=O) groups excluding carboxylic acids is 2. The van der Waals surface area contributed by atoms with E-state index in [1.165, 1.54) is 7.11 Å². The van der Waals surface area contributed by atoms with Crippen molar-refractivity contribution in [1.82, 2.24) is 5.32 Å². The first kappa shape index (κ1) is 26.8. The maximum Gasteiger partial charge on any atom is 0.327 e. The normalized spacial score (nSPS) is 13.8. The minimum Gasteiger partial charge on any atom is -0.468 e. The molecule has 0 fully saturated rings. The van der Waals surface area contributed by atoms with Crippen LogP contribution in [0.15, 0.2) is 54.6 Å². The van der Waals surface area contributed by atoms with Gasteiger partial charge in [0.15, 0.2) is 8.32 Å². The molecule has 1 amide bonds. The van der Waals surface area contributed by atoms with Crippen molar-refractivity contribution in [1.29, 1.82) is 0 Å². The summed E-state index contributed by atoms with van der Waals surface area (Å²) in [5, 5.41) is 6.31. The van der Waals surface area contributed by atoms with Crippen molar-refractivity contribution in [2.75, 3.05) is 12.4 Å². The number of anilines is 1. The summed E-state index contributed by atoms with van der Waals surface area (Å²) in [4.78, 5) is 25.6. The summed E-state index contributed by atoms with van der Waals surface area (Å²) >= 11 is 0. The molecule has 33 heavy (non-hydrogen) atoms. The Morgan fingerprint density at radius 3 is 2.18 bits per heavy atom. The summed E-state index contributed by atoms with van der Waals surface area (Å²) in [6, 6.07) is 15.6. The highest BCUT2D eigenvalue weighted by atomic mass is 28.4. The number of para-hydroxylation sites is 1. The number of nitrogens with one attached hydrogen (secondary N) is 2. The first-order chi connectivity index (χ1) is 15.5. The molecule has 7 heteroatoms. The number of esters is 1. The molecule has 0 bridgehead atoms. The fourth-order valence-corrected chi connectivity index (χ4v) is 4.06. The van der Waals surface area contributed by atoms with E-state index in [4.69, 9.17) is 9.16 Å². The number of amides is 1. The maximum absolute atomic E-state index is 13.2. The van der Waals surface area contributed by atoms with Gasteiger partial charge >= 0.3 is 5.97 Å². The fraction of sp³-hybridized carbons (Fsp3) is 0.462. The molecule has 2 rings (SSSR count). The zero-order valence-corrected chi connectivity index (χ0v) is 21.9. The number of benzene rings is 2. The van der Waals surface area contributed by atoms with Crippen molar-refractivity contribution in [2.45, 2.75) is 70.9 Å². The molecule has 6 nitrogen and oxygen atoms in total. The molecule has 0 aliphatic rings. The molecule has 2 aromatic rings. The predicted molar refractivity (Wildman–Crippen MR) is 135 cm³/mol. The molecule has 2 aromatic carbocycles. The summed E-state index contributed by atoms with van der Waals surface area (Å²) < 4.78 is 11.3. The molecule has 0 spiro atoms. The Balaban J connectivity index is 2.16. The van der Waals surface area contributed by atoms with Crippen LogP contribution in [-0.2, 0) is 25.4 Å². The zero-order valence-electron chi connectivity index (χ0n) is 20.9. The summed E-state index contributed by atoms with van der Waals surface area (Å²) in [5.74, 6) is -0.641. The second-order valence-electron chi connectivity index (χ2n) is 9.69. The molecule has 2 atom stereocenters. The Morgan fingerprint density at radius 1 is 1.00 bits per heavy atom. The molecule has 0 aromatic heterocycles. The van der Waals surface area contributed by atoms with Crippen LogP contribution in [0.25, 0.3) is 0 Å². The number of hydrogen-bond acceptors (Lipinski definition) is 5. The standard InChI is InChI=1S/C26H38N2O4Si/c1-8-21(27-23(25(30)31-5)19-14-10-9-11-15-19)24(29)28-22-17-13-12-16-20(22)18-32-33(6,7)26(2,3)4/h9-17,21,23,27H,8,18H2,1-7H3,(H,28,29)/t21?,23-/m0/s1. The largest absolute Gasteiger partial charge is 0.468 e. The number of carbonyl (C=O) groups is 2. The van der Waals surface area contributed by atoms with Crippen LogP contribution in [-0.4, -0.2) is 33.3 Å². The van der Waals surface area contributed by atoms with E-state index in [9.17, 15) is 9.59 Å². The highest BCUT2D eigenvalue weighted by Crippen LogP contribution is 2.37. The van der Waals surface area contributed by atoms with E-state index < -0.39 is 26.4 Å². The minimum absolute atomic E-state index is 0.1000. The van der Waals surface area contributed by atoms with E-state index >= 15 is 0 Å². The van der Waals surface area contributed by atoms with Crippen LogP contribution in [0.1, 0.15) is 51.3 Å². The molecular weight excluding hydrogens is 432 g/mol. The van der Waals surface area contributed by atoms with Gasteiger partial charge in [0.1, 0.15) is 6.04 Å². The third-order valence-electron chi connectivity index (χ3n) is 6.33. The van der Waals surface area contributed by atoms with Gasteiger partial charge in [0, 0.05) is 5.69 Å². The number of ether oxygens (including phenoxy) is 1. The Hall–Kier alpha value is -2.48. The Morgan fingerprint density at radius 2 is 1.61 bits per heavy atom. The lowest BCUT2D eigenvalue weighted by Crippen LogP contribution is -2.44. The van der Waals surface area contributed by atoms with Gasteiger partial charge in [-0.15, -0.1) is 0 Å². The van der Waals surface area contributed by atoms with Gasteiger partial charge in [-0.3, -0.25) is 10.1 Å². The smallest absolute Gasteiger partial charge is 0.327 e. The van der Waals surface area contributed by atoms with Crippen LogP contribution in [0.2, 0.25) is 18.1 Å². The van der Waals surface area contributed by atoms with E-state index in [0.29, 0.717) is 13.0 Å². The highest BCUT2D eigenvalue weighted by molar-refractivity contribution is 6.74. The van der Waals surface area contributed by atoms with Crippen molar-refractivity contribution in [3.05, 3.63) is 65.7 Å². The summed E-state index contributed by atoms with van der Waals surface area (Å²) in [7, 11) is -0.585. The topological polar surface area (TPSA) is 76.7 Å². The van der Waals surface area contributed by atoms with Gasteiger partial charge in [-0.25, -0.2) is 4.79 Å². The Kier molecular flexibility index (Phi) is 9.40. The summed E-state index contributed by atoms with van der Waals surface area (Å²) in [5.41, 5.74) is 2.40. The van der Waals surface area contributed by atoms with Crippen molar-refractivity contribution in [3.8, 4) is 0 Å². The van der Waals surface area contributed by atoms with E-state index in [1.807, 2.05) is 61.5 Å². The molecule has 0 saturated carbocycles. The van der Waals surface area contributed by atoms with Gasteiger partial charge in [-0.2, -0.15) is 0 Å². The van der Waals surface area contributed by atoms with Crippen LogP contribution in [0.5, 0.6) is 0 Å². The number of hydrogen-bond donors (Lipinski definition) is 2.